The fourth-order valence-corrected chi connectivity index (χ4v) is 2.52. The summed E-state index contributed by atoms with van der Waals surface area (Å²) in [7, 11) is 0. The minimum Gasteiger partial charge on any atom is -0.379 e. The zero-order valence-corrected chi connectivity index (χ0v) is 13.5. The molecule has 1 N–H and O–H groups in total. The normalized spacial score (nSPS) is 12.1. The Bertz CT molecular complexity index is 525. The van der Waals surface area contributed by atoms with Crippen molar-refractivity contribution in [3.05, 3.63) is 65.2 Å². The first-order valence-corrected chi connectivity index (χ1v) is 8.17. The average molecular weight is 281 g/mol. The van der Waals surface area contributed by atoms with Crippen LogP contribution < -0.4 is 5.32 Å². The summed E-state index contributed by atoms with van der Waals surface area (Å²) in [6.45, 7) is 6.64. The highest BCUT2D eigenvalue weighted by Gasteiger charge is 2.05. The van der Waals surface area contributed by atoms with Crippen LogP contribution in [-0.2, 0) is 12.8 Å². The molecule has 1 heteroatoms. The second-order valence-electron chi connectivity index (χ2n) is 5.76. The van der Waals surface area contributed by atoms with Gasteiger partial charge in [0.25, 0.3) is 0 Å². The van der Waals surface area contributed by atoms with Gasteiger partial charge in [-0.15, -0.1) is 0 Å². The smallest absolute Gasteiger partial charge is 0.0485 e. The Morgan fingerprint density at radius 2 is 1.48 bits per heavy atom. The molecule has 2 rings (SSSR count). The van der Waals surface area contributed by atoms with E-state index in [2.05, 4.69) is 74.6 Å². The second-order valence-corrected chi connectivity index (χ2v) is 5.76. The van der Waals surface area contributed by atoms with Crippen molar-refractivity contribution in [2.45, 2.75) is 52.5 Å². The summed E-state index contributed by atoms with van der Waals surface area (Å²) in [6.07, 6.45) is 4.81. The van der Waals surface area contributed by atoms with E-state index in [0.29, 0.717) is 6.04 Å². The second kappa shape index (κ2) is 7.87. The topological polar surface area (TPSA) is 12.0 Å². The Labute approximate surface area is 129 Å². The van der Waals surface area contributed by atoms with Crippen molar-refractivity contribution in [1.82, 2.24) is 0 Å². The van der Waals surface area contributed by atoms with Crippen LogP contribution in [0.1, 0.15) is 56.3 Å². The average Bonchev–Trinajstić information content (AvgIpc) is 2.54. The number of nitrogens with one attached hydrogen (secondary N) is 1. The van der Waals surface area contributed by atoms with Gasteiger partial charge in [-0.25, -0.2) is 0 Å². The highest BCUT2D eigenvalue weighted by molar-refractivity contribution is 5.46. The number of benzene rings is 2. The van der Waals surface area contributed by atoms with Gasteiger partial charge >= 0.3 is 0 Å². The molecule has 2 aromatic rings. The molecule has 1 atom stereocenters. The van der Waals surface area contributed by atoms with Crippen molar-refractivity contribution < 1.29 is 0 Å². The maximum Gasteiger partial charge on any atom is 0.0485 e. The summed E-state index contributed by atoms with van der Waals surface area (Å²) < 4.78 is 0. The van der Waals surface area contributed by atoms with Crippen LogP contribution in [0.15, 0.2) is 48.5 Å². The molecule has 0 heterocycles. The van der Waals surface area contributed by atoms with E-state index in [9.17, 15) is 0 Å². The molecule has 0 fully saturated rings. The quantitative estimate of drug-likeness (QED) is 0.680. The fourth-order valence-electron chi connectivity index (χ4n) is 2.52. The molecule has 0 aliphatic heterocycles. The van der Waals surface area contributed by atoms with E-state index < -0.39 is 0 Å². The predicted molar refractivity (Wildman–Crippen MR) is 92.9 cm³/mol. The maximum absolute atomic E-state index is 3.58. The number of rotatable bonds is 7. The van der Waals surface area contributed by atoms with Crippen molar-refractivity contribution >= 4 is 5.69 Å². The molecule has 2 aromatic carbocycles. The number of aryl methyl sites for hydroxylation is 2. The van der Waals surface area contributed by atoms with Gasteiger partial charge in [0.15, 0.2) is 0 Å². The van der Waals surface area contributed by atoms with Gasteiger partial charge in [0.2, 0.25) is 0 Å². The summed E-state index contributed by atoms with van der Waals surface area (Å²) in [5, 5.41) is 3.58. The van der Waals surface area contributed by atoms with Gasteiger partial charge in [-0.05, 0) is 55.0 Å². The van der Waals surface area contributed by atoms with Crippen molar-refractivity contribution in [2.75, 3.05) is 5.32 Å². The lowest BCUT2D eigenvalue weighted by Crippen LogP contribution is -2.06. The van der Waals surface area contributed by atoms with Gasteiger partial charge in [0, 0.05) is 11.7 Å². The third-order valence-corrected chi connectivity index (χ3v) is 4.04. The van der Waals surface area contributed by atoms with E-state index >= 15 is 0 Å². The first-order valence-electron chi connectivity index (χ1n) is 8.17. The van der Waals surface area contributed by atoms with Crippen molar-refractivity contribution in [3.63, 3.8) is 0 Å². The van der Waals surface area contributed by atoms with E-state index in [1.807, 2.05) is 0 Å². The predicted octanol–water partition coefficient (Wildman–Crippen LogP) is 5.76. The van der Waals surface area contributed by atoms with Crippen molar-refractivity contribution in [3.8, 4) is 0 Å². The van der Waals surface area contributed by atoms with E-state index in [1.165, 1.54) is 41.6 Å². The van der Waals surface area contributed by atoms with Crippen molar-refractivity contribution in [1.29, 1.82) is 0 Å². The monoisotopic (exact) mass is 281 g/mol. The van der Waals surface area contributed by atoms with Crippen LogP contribution in [0.4, 0.5) is 5.69 Å². The van der Waals surface area contributed by atoms with Crippen LogP contribution in [0, 0.1) is 0 Å². The summed E-state index contributed by atoms with van der Waals surface area (Å²) >= 11 is 0. The fraction of sp³-hybridized carbons (Fsp3) is 0.400. The Morgan fingerprint density at radius 1 is 0.857 bits per heavy atom. The van der Waals surface area contributed by atoms with Gasteiger partial charge in [0.1, 0.15) is 0 Å². The van der Waals surface area contributed by atoms with Gasteiger partial charge < -0.3 is 5.32 Å². The van der Waals surface area contributed by atoms with E-state index in [-0.39, 0.29) is 0 Å². The third kappa shape index (κ3) is 4.63. The molecular formula is C20H27N. The van der Waals surface area contributed by atoms with Crippen LogP contribution in [0.5, 0.6) is 0 Å². The molecule has 0 aromatic heterocycles. The lowest BCUT2D eigenvalue weighted by atomic mass is 10.0. The Kier molecular flexibility index (Phi) is 5.86. The first kappa shape index (κ1) is 15.6. The summed E-state index contributed by atoms with van der Waals surface area (Å²) in [6, 6.07) is 18.1. The number of unbranched alkanes of at least 4 members (excludes halogenated alkanes) is 1. The van der Waals surface area contributed by atoms with E-state index in [4.69, 9.17) is 0 Å². The third-order valence-electron chi connectivity index (χ3n) is 4.04. The molecule has 1 nitrogen and oxygen atoms in total. The summed E-state index contributed by atoms with van der Waals surface area (Å²) in [4.78, 5) is 0. The van der Waals surface area contributed by atoms with Crippen molar-refractivity contribution in [2.24, 2.45) is 0 Å². The highest BCUT2D eigenvalue weighted by atomic mass is 14.9. The number of hydrogen-bond donors (Lipinski definition) is 1. The Balaban J connectivity index is 1.96. The molecular weight excluding hydrogens is 254 g/mol. The minimum atomic E-state index is 0.331. The molecule has 0 bridgehead atoms. The Morgan fingerprint density at radius 3 is 2.05 bits per heavy atom. The van der Waals surface area contributed by atoms with Gasteiger partial charge in [0.05, 0.1) is 0 Å². The highest BCUT2D eigenvalue weighted by Crippen LogP contribution is 2.20. The molecule has 0 amide bonds. The zero-order chi connectivity index (χ0) is 15.1. The lowest BCUT2D eigenvalue weighted by molar-refractivity contribution is 0.795. The molecule has 21 heavy (non-hydrogen) atoms. The molecule has 1 unspecified atom stereocenters. The standard InChI is InChI=1S/C20H27N/c1-4-6-7-18-10-14-20(15-11-18)21-16(3)19-12-8-17(5-2)9-13-19/h8-16,21H,4-7H2,1-3H3. The number of hydrogen-bond acceptors (Lipinski definition) is 1. The molecule has 0 radical (unpaired) electrons. The van der Waals surface area contributed by atoms with E-state index in [0.717, 1.165) is 6.42 Å². The molecule has 0 aliphatic rings. The van der Waals surface area contributed by atoms with Crippen LogP contribution >= 0.6 is 0 Å². The SMILES string of the molecule is CCCCc1ccc(NC(C)c2ccc(CC)cc2)cc1. The molecule has 0 spiro atoms. The van der Waals surface area contributed by atoms with Crippen LogP contribution in [0.2, 0.25) is 0 Å². The zero-order valence-electron chi connectivity index (χ0n) is 13.5. The van der Waals surface area contributed by atoms with Crippen LogP contribution in [0.25, 0.3) is 0 Å². The summed E-state index contributed by atoms with van der Waals surface area (Å²) in [5.41, 5.74) is 5.36. The maximum atomic E-state index is 3.58. The molecule has 0 saturated heterocycles. The summed E-state index contributed by atoms with van der Waals surface area (Å²) in [5.74, 6) is 0. The number of anilines is 1. The van der Waals surface area contributed by atoms with Crippen LogP contribution in [-0.4, -0.2) is 0 Å². The largest absolute Gasteiger partial charge is 0.379 e. The van der Waals surface area contributed by atoms with Gasteiger partial charge in [-0.1, -0.05) is 56.7 Å². The van der Waals surface area contributed by atoms with Gasteiger partial charge in [-0.2, -0.15) is 0 Å². The molecule has 0 aliphatic carbocycles. The molecule has 112 valence electrons. The first-order chi connectivity index (χ1) is 10.2. The molecule has 0 saturated carbocycles. The minimum absolute atomic E-state index is 0.331. The lowest BCUT2D eigenvalue weighted by Gasteiger charge is -2.16. The Hall–Kier alpha value is -1.76. The van der Waals surface area contributed by atoms with E-state index in [1.54, 1.807) is 0 Å². The van der Waals surface area contributed by atoms with Gasteiger partial charge in [-0.3, -0.25) is 0 Å². The van der Waals surface area contributed by atoms with Crippen LogP contribution in [0.3, 0.4) is 0 Å².